The summed E-state index contributed by atoms with van der Waals surface area (Å²) in [6.07, 6.45) is -0.219. The van der Waals surface area contributed by atoms with Gasteiger partial charge >= 0.3 is 0 Å². The summed E-state index contributed by atoms with van der Waals surface area (Å²) in [7, 11) is -3.57. The third kappa shape index (κ3) is 4.88. The molecule has 1 fully saturated rings. The van der Waals surface area contributed by atoms with Crippen molar-refractivity contribution in [2.75, 3.05) is 37.7 Å². The Morgan fingerprint density at radius 3 is 2.44 bits per heavy atom. The summed E-state index contributed by atoms with van der Waals surface area (Å²) in [6, 6.07) is 13.6. The van der Waals surface area contributed by atoms with E-state index >= 15 is 0 Å². The van der Waals surface area contributed by atoms with Gasteiger partial charge in [-0.3, -0.25) is 9.59 Å². The minimum Gasteiger partial charge on any atom is -0.486 e. The summed E-state index contributed by atoms with van der Waals surface area (Å²) in [6.45, 7) is 5.17. The molecule has 0 radical (unpaired) electrons. The molecule has 0 bridgehead atoms. The zero-order valence-electron chi connectivity index (χ0n) is 19.3. The van der Waals surface area contributed by atoms with Gasteiger partial charge < -0.3 is 19.7 Å². The van der Waals surface area contributed by atoms with E-state index < -0.39 is 15.9 Å². The number of para-hydroxylation sites is 2. The summed E-state index contributed by atoms with van der Waals surface area (Å²) < 4.78 is 38.3. The van der Waals surface area contributed by atoms with E-state index in [1.165, 1.54) is 21.3 Å². The quantitative estimate of drug-likeness (QED) is 0.611. The van der Waals surface area contributed by atoms with E-state index in [0.717, 1.165) is 0 Å². The second-order valence-corrected chi connectivity index (χ2v) is 10.2. The molecule has 2 aromatic rings. The first kappa shape index (κ1) is 24.0. The lowest BCUT2D eigenvalue weighted by molar-refractivity contribution is -0.126. The number of rotatable bonds is 8. The third-order valence-electron chi connectivity index (χ3n) is 6.06. The third-order valence-corrected chi connectivity index (χ3v) is 8.12. The Kier molecular flexibility index (Phi) is 7.08. The van der Waals surface area contributed by atoms with E-state index in [1.54, 1.807) is 26.0 Å². The molecule has 1 saturated heterocycles. The SMILES string of the molecule is CCN(CC)S(=O)(=O)c1ccc(N2CC(C(=O)NCC3COc4ccccc4O3)CC2=O)cc1. The Morgan fingerprint density at radius 2 is 1.76 bits per heavy atom. The van der Waals surface area contributed by atoms with Crippen LogP contribution >= 0.6 is 0 Å². The van der Waals surface area contributed by atoms with Crippen LogP contribution in [0, 0.1) is 5.92 Å². The van der Waals surface area contributed by atoms with Crippen molar-refractivity contribution in [2.24, 2.45) is 5.92 Å². The fourth-order valence-corrected chi connectivity index (χ4v) is 5.62. The van der Waals surface area contributed by atoms with Crippen LogP contribution in [-0.4, -0.2) is 63.4 Å². The molecule has 0 aromatic heterocycles. The van der Waals surface area contributed by atoms with Crippen LogP contribution in [0.15, 0.2) is 53.4 Å². The van der Waals surface area contributed by atoms with Gasteiger partial charge in [0.25, 0.3) is 0 Å². The van der Waals surface area contributed by atoms with E-state index in [-0.39, 0.29) is 42.3 Å². The van der Waals surface area contributed by atoms with Gasteiger partial charge in [0.1, 0.15) is 12.7 Å². The molecule has 182 valence electrons. The second kappa shape index (κ2) is 10.0. The molecule has 0 spiro atoms. The number of sulfonamides is 1. The largest absolute Gasteiger partial charge is 0.486 e. The van der Waals surface area contributed by atoms with Crippen LogP contribution in [0.4, 0.5) is 5.69 Å². The van der Waals surface area contributed by atoms with E-state index in [2.05, 4.69) is 5.32 Å². The zero-order valence-corrected chi connectivity index (χ0v) is 20.1. The molecule has 34 heavy (non-hydrogen) atoms. The highest BCUT2D eigenvalue weighted by Gasteiger charge is 2.36. The summed E-state index contributed by atoms with van der Waals surface area (Å²) in [5, 5.41) is 2.86. The van der Waals surface area contributed by atoms with Crippen LogP contribution in [-0.2, 0) is 19.6 Å². The summed E-state index contributed by atoms with van der Waals surface area (Å²) in [4.78, 5) is 27.0. The van der Waals surface area contributed by atoms with Gasteiger partial charge in [-0.15, -0.1) is 0 Å². The molecule has 0 aliphatic carbocycles. The van der Waals surface area contributed by atoms with E-state index in [4.69, 9.17) is 9.47 Å². The minimum atomic E-state index is -3.57. The normalized spacial score (nSPS) is 20.0. The van der Waals surface area contributed by atoms with E-state index in [9.17, 15) is 18.0 Å². The number of benzene rings is 2. The number of nitrogens with one attached hydrogen (secondary N) is 1. The van der Waals surface area contributed by atoms with Crippen molar-refractivity contribution in [2.45, 2.75) is 31.3 Å². The standard InChI is InChI=1S/C24H29N3O6S/c1-3-26(4-2)34(30,31)20-11-9-18(10-12-20)27-15-17(13-23(27)28)24(29)25-14-19-16-32-21-7-5-6-8-22(21)33-19/h5-12,17,19H,3-4,13-16H2,1-2H3,(H,25,29). The first-order chi connectivity index (χ1) is 16.3. The molecule has 0 saturated carbocycles. The summed E-state index contributed by atoms with van der Waals surface area (Å²) >= 11 is 0. The van der Waals surface area contributed by atoms with Crippen LogP contribution in [0.5, 0.6) is 11.5 Å². The van der Waals surface area contributed by atoms with Gasteiger partial charge in [-0.05, 0) is 36.4 Å². The lowest BCUT2D eigenvalue weighted by Gasteiger charge is -2.26. The maximum absolute atomic E-state index is 12.7. The number of hydrogen-bond donors (Lipinski definition) is 1. The Hall–Kier alpha value is -3.11. The van der Waals surface area contributed by atoms with Crippen molar-refractivity contribution in [1.29, 1.82) is 0 Å². The van der Waals surface area contributed by atoms with Crippen molar-refractivity contribution in [3.63, 3.8) is 0 Å². The Morgan fingerprint density at radius 1 is 1.09 bits per heavy atom. The molecule has 2 unspecified atom stereocenters. The van der Waals surface area contributed by atoms with E-state index in [1.807, 2.05) is 24.3 Å². The molecular formula is C24H29N3O6S. The molecule has 2 atom stereocenters. The molecule has 2 aliphatic heterocycles. The van der Waals surface area contributed by atoms with Gasteiger partial charge in [-0.2, -0.15) is 4.31 Å². The number of carbonyl (C=O) groups is 2. The van der Waals surface area contributed by atoms with Crippen LogP contribution in [0.3, 0.4) is 0 Å². The molecule has 2 aliphatic rings. The number of ether oxygens (including phenoxy) is 2. The Balaban J connectivity index is 1.34. The van der Waals surface area contributed by atoms with Crippen LogP contribution < -0.4 is 19.7 Å². The average molecular weight is 488 g/mol. The predicted molar refractivity (Wildman–Crippen MR) is 126 cm³/mol. The van der Waals surface area contributed by atoms with Crippen molar-refractivity contribution < 1.29 is 27.5 Å². The van der Waals surface area contributed by atoms with Crippen molar-refractivity contribution in [3.8, 4) is 11.5 Å². The topological polar surface area (TPSA) is 105 Å². The molecular weight excluding hydrogens is 458 g/mol. The van der Waals surface area contributed by atoms with Gasteiger partial charge in [0.2, 0.25) is 21.8 Å². The first-order valence-corrected chi connectivity index (χ1v) is 12.8. The Bertz CT molecular complexity index is 1150. The van der Waals surface area contributed by atoms with Gasteiger partial charge in [-0.1, -0.05) is 26.0 Å². The van der Waals surface area contributed by atoms with Gasteiger partial charge in [-0.25, -0.2) is 8.42 Å². The van der Waals surface area contributed by atoms with Gasteiger partial charge in [0.05, 0.1) is 17.4 Å². The highest BCUT2D eigenvalue weighted by atomic mass is 32.2. The van der Waals surface area contributed by atoms with Crippen LogP contribution in [0.2, 0.25) is 0 Å². The lowest BCUT2D eigenvalue weighted by atomic mass is 10.1. The summed E-state index contributed by atoms with van der Waals surface area (Å²) in [5.74, 6) is 0.424. The maximum atomic E-state index is 12.7. The lowest BCUT2D eigenvalue weighted by Crippen LogP contribution is -2.43. The van der Waals surface area contributed by atoms with Gasteiger partial charge in [0, 0.05) is 31.7 Å². The average Bonchev–Trinajstić information content (AvgIpc) is 3.24. The molecule has 2 aromatic carbocycles. The fraction of sp³-hybridized carbons (Fsp3) is 0.417. The molecule has 2 heterocycles. The smallest absolute Gasteiger partial charge is 0.243 e. The number of anilines is 1. The van der Waals surface area contributed by atoms with Crippen LogP contribution in [0.1, 0.15) is 20.3 Å². The highest BCUT2D eigenvalue weighted by Crippen LogP contribution is 2.31. The van der Waals surface area contributed by atoms with Crippen LogP contribution in [0.25, 0.3) is 0 Å². The van der Waals surface area contributed by atoms with Gasteiger partial charge in [0.15, 0.2) is 11.5 Å². The predicted octanol–water partition coefficient (Wildman–Crippen LogP) is 2.03. The minimum absolute atomic E-state index is 0.0934. The Labute approximate surface area is 199 Å². The highest BCUT2D eigenvalue weighted by molar-refractivity contribution is 7.89. The number of nitrogens with zero attached hydrogens (tertiary/aromatic N) is 2. The maximum Gasteiger partial charge on any atom is 0.243 e. The van der Waals surface area contributed by atoms with Crippen molar-refractivity contribution in [1.82, 2.24) is 9.62 Å². The monoisotopic (exact) mass is 487 g/mol. The number of amides is 2. The molecule has 2 amide bonds. The number of carbonyl (C=O) groups excluding carboxylic acids is 2. The van der Waals surface area contributed by atoms with E-state index in [0.29, 0.717) is 36.9 Å². The van der Waals surface area contributed by atoms with Crippen molar-refractivity contribution >= 4 is 27.5 Å². The molecule has 10 heteroatoms. The number of hydrogen-bond acceptors (Lipinski definition) is 6. The second-order valence-electron chi connectivity index (χ2n) is 8.23. The molecule has 4 rings (SSSR count). The molecule has 9 nitrogen and oxygen atoms in total. The number of fused-ring (bicyclic) bond motifs is 1. The first-order valence-electron chi connectivity index (χ1n) is 11.4. The fourth-order valence-electron chi connectivity index (χ4n) is 4.17. The summed E-state index contributed by atoms with van der Waals surface area (Å²) in [5.41, 5.74) is 0.569. The molecule has 1 N–H and O–H groups in total. The zero-order chi connectivity index (χ0) is 24.3. The van der Waals surface area contributed by atoms with Crippen molar-refractivity contribution in [3.05, 3.63) is 48.5 Å².